The quantitative estimate of drug-likeness (QED) is 0.540. The summed E-state index contributed by atoms with van der Waals surface area (Å²) in [5.41, 5.74) is 5.86. The first-order chi connectivity index (χ1) is 13.3. The Hall–Kier alpha value is -3.01. The van der Waals surface area contributed by atoms with Gasteiger partial charge in [-0.3, -0.25) is 14.4 Å². The van der Waals surface area contributed by atoms with Crippen LogP contribution in [0.5, 0.6) is 11.5 Å². The number of anilines is 1. The molecule has 1 aromatic heterocycles. The second-order valence-corrected chi connectivity index (χ2v) is 6.97. The zero-order chi connectivity index (χ0) is 20.4. The number of hydrogen-bond donors (Lipinski definition) is 2. The van der Waals surface area contributed by atoms with Crippen molar-refractivity contribution in [1.82, 2.24) is 9.55 Å². The average molecular weight is 404 g/mol. The van der Waals surface area contributed by atoms with Crippen LogP contribution in [0.2, 0.25) is 0 Å². The first kappa shape index (κ1) is 19.7. The molecule has 1 aromatic carbocycles. The normalized spacial score (nSPS) is 15.5. The summed E-state index contributed by atoms with van der Waals surface area (Å²) in [5.74, 6) is -0.128. The maximum atomic E-state index is 12.7. The first-order valence-electron chi connectivity index (χ1n) is 8.39. The maximum absolute atomic E-state index is 12.7. The van der Waals surface area contributed by atoms with Crippen molar-refractivity contribution in [1.29, 1.82) is 0 Å². The Labute approximate surface area is 165 Å². The van der Waals surface area contributed by atoms with E-state index in [1.165, 1.54) is 18.9 Å². The van der Waals surface area contributed by atoms with Crippen molar-refractivity contribution in [3.05, 3.63) is 39.7 Å². The van der Waals surface area contributed by atoms with Crippen LogP contribution in [0.3, 0.4) is 0 Å². The largest absolute Gasteiger partial charge is 0.493 e. The fourth-order valence-electron chi connectivity index (χ4n) is 3.17. The zero-order valence-corrected chi connectivity index (χ0v) is 16.5. The molecular weight excluding hydrogens is 384 g/mol. The lowest BCUT2D eigenvalue weighted by Gasteiger charge is -2.27. The third-order valence-electron chi connectivity index (χ3n) is 4.44. The predicted octanol–water partition coefficient (Wildman–Crippen LogP) is 0.849. The average Bonchev–Trinajstić information content (AvgIpc) is 2.68. The van der Waals surface area contributed by atoms with Crippen molar-refractivity contribution in [2.45, 2.75) is 17.5 Å². The van der Waals surface area contributed by atoms with Crippen molar-refractivity contribution in [2.75, 3.05) is 25.3 Å². The molecule has 1 aliphatic heterocycles. The number of carbonyl (C=O) groups is 2. The van der Waals surface area contributed by atoms with E-state index in [1.54, 1.807) is 29.8 Å². The molecule has 1 aliphatic rings. The summed E-state index contributed by atoms with van der Waals surface area (Å²) < 4.78 is 12.4. The number of aromatic nitrogens is 2. The molecule has 1 atom stereocenters. The maximum Gasteiger partial charge on any atom is 0.279 e. The fourth-order valence-corrected chi connectivity index (χ4v) is 3.71. The molecule has 3 rings (SSSR count). The van der Waals surface area contributed by atoms with Gasteiger partial charge in [0.25, 0.3) is 11.5 Å². The Kier molecular flexibility index (Phi) is 5.59. The number of rotatable bonds is 6. The highest BCUT2D eigenvalue weighted by Crippen LogP contribution is 2.39. The number of nitrogens with two attached hydrogens (primary N) is 1. The second kappa shape index (κ2) is 7.93. The summed E-state index contributed by atoms with van der Waals surface area (Å²) in [6.07, 6.45) is 1.92. The van der Waals surface area contributed by atoms with E-state index in [4.69, 9.17) is 15.2 Å². The van der Waals surface area contributed by atoms with Crippen molar-refractivity contribution < 1.29 is 19.1 Å². The minimum Gasteiger partial charge on any atom is -0.493 e. The molecule has 2 amide bonds. The molecule has 0 saturated heterocycles. The van der Waals surface area contributed by atoms with Gasteiger partial charge in [-0.2, -0.15) is 4.98 Å². The number of fused-ring (bicyclic) bond motifs is 1. The molecule has 0 radical (unpaired) electrons. The Bertz CT molecular complexity index is 1000. The lowest BCUT2D eigenvalue weighted by atomic mass is 9.86. The van der Waals surface area contributed by atoms with E-state index in [9.17, 15) is 14.4 Å². The van der Waals surface area contributed by atoms with Gasteiger partial charge in [0.15, 0.2) is 23.3 Å². The van der Waals surface area contributed by atoms with Crippen LogP contribution in [0.15, 0.2) is 28.2 Å². The molecule has 1 unspecified atom stereocenters. The van der Waals surface area contributed by atoms with E-state index in [1.807, 2.05) is 6.26 Å². The number of benzene rings is 1. The van der Waals surface area contributed by atoms with Gasteiger partial charge in [-0.25, -0.2) is 0 Å². The van der Waals surface area contributed by atoms with E-state index in [0.29, 0.717) is 33.6 Å². The van der Waals surface area contributed by atoms with Gasteiger partial charge in [-0.1, -0.05) is 17.8 Å². The third-order valence-corrected chi connectivity index (χ3v) is 5.17. The molecule has 0 bridgehead atoms. The highest BCUT2D eigenvalue weighted by Gasteiger charge is 2.32. The first-order valence-corrected chi connectivity index (χ1v) is 9.62. The molecule has 28 heavy (non-hydrogen) atoms. The van der Waals surface area contributed by atoms with E-state index < -0.39 is 11.8 Å². The predicted molar refractivity (Wildman–Crippen MR) is 104 cm³/mol. The SMILES string of the molecule is COc1cc(C2CC(=O)Nc3c2c(=O)nc(SC)n3C)ccc1OCC(N)=O. The number of ether oxygens (including phenoxy) is 2. The van der Waals surface area contributed by atoms with E-state index in [2.05, 4.69) is 10.3 Å². The number of nitrogens with zero attached hydrogens (tertiary/aromatic N) is 2. The van der Waals surface area contributed by atoms with Crippen LogP contribution in [0.25, 0.3) is 0 Å². The van der Waals surface area contributed by atoms with Crippen LogP contribution < -0.4 is 26.1 Å². The topological polar surface area (TPSA) is 126 Å². The molecule has 9 nitrogen and oxygen atoms in total. The number of hydrogen-bond acceptors (Lipinski definition) is 7. The minimum atomic E-state index is -0.608. The molecule has 0 fully saturated rings. The number of nitrogens with one attached hydrogen (secondary N) is 1. The summed E-state index contributed by atoms with van der Waals surface area (Å²) in [6.45, 7) is -0.285. The van der Waals surface area contributed by atoms with Crippen LogP contribution in [0.1, 0.15) is 23.5 Å². The smallest absolute Gasteiger partial charge is 0.279 e. The monoisotopic (exact) mass is 404 g/mol. The Morgan fingerprint density at radius 2 is 2.14 bits per heavy atom. The zero-order valence-electron chi connectivity index (χ0n) is 15.6. The van der Waals surface area contributed by atoms with Crippen molar-refractivity contribution in [3.63, 3.8) is 0 Å². The van der Waals surface area contributed by atoms with E-state index in [-0.39, 0.29) is 24.5 Å². The number of primary amides is 1. The summed E-state index contributed by atoms with van der Waals surface area (Å²) in [4.78, 5) is 40.1. The van der Waals surface area contributed by atoms with Gasteiger partial charge in [0.2, 0.25) is 5.91 Å². The van der Waals surface area contributed by atoms with Crippen molar-refractivity contribution in [2.24, 2.45) is 12.8 Å². The Balaban J connectivity index is 2.08. The summed E-state index contributed by atoms with van der Waals surface area (Å²) in [6, 6.07) is 5.04. The third kappa shape index (κ3) is 3.68. The highest BCUT2D eigenvalue weighted by molar-refractivity contribution is 7.98. The van der Waals surface area contributed by atoms with Crippen LogP contribution in [-0.4, -0.2) is 41.3 Å². The van der Waals surface area contributed by atoms with Crippen LogP contribution in [0, 0.1) is 0 Å². The molecule has 0 saturated carbocycles. The van der Waals surface area contributed by atoms with Gasteiger partial charge >= 0.3 is 0 Å². The van der Waals surface area contributed by atoms with Crippen LogP contribution in [-0.2, 0) is 16.6 Å². The number of amides is 2. The molecule has 3 N–H and O–H groups in total. The molecule has 10 heteroatoms. The van der Waals surface area contributed by atoms with Gasteiger partial charge in [0.05, 0.1) is 12.7 Å². The number of thioether (sulfide) groups is 1. The standard InChI is InChI=1S/C18H20N4O5S/c1-22-16-15(17(25)21-18(22)28-3)10(7-14(24)20-16)9-4-5-11(12(6-9)26-2)27-8-13(19)23/h4-6,10H,7-8H2,1-3H3,(H2,19,23)(H,20,24). The summed E-state index contributed by atoms with van der Waals surface area (Å²) in [5, 5.41) is 3.29. The number of methoxy groups -OCH3 is 1. The molecular formula is C18H20N4O5S. The molecule has 0 spiro atoms. The van der Waals surface area contributed by atoms with Gasteiger partial charge in [0.1, 0.15) is 5.82 Å². The second-order valence-electron chi connectivity index (χ2n) is 6.20. The Morgan fingerprint density at radius 3 is 2.79 bits per heavy atom. The molecule has 2 aromatic rings. The van der Waals surface area contributed by atoms with Crippen LogP contribution >= 0.6 is 11.8 Å². The molecule has 0 aliphatic carbocycles. The summed E-state index contributed by atoms with van der Waals surface area (Å²) in [7, 11) is 3.21. The molecule has 2 heterocycles. The van der Waals surface area contributed by atoms with E-state index in [0.717, 1.165) is 0 Å². The van der Waals surface area contributed by atoms with Gasteiger partial charge in [-0.15, -0.1) is 0 Å². The van der Waals surface area contributed by atoms with Crippen molar-refractivity contribution >= 4 is 29.4 Å². The van der Waals surface area contributed by atoms with E-state index >= 15 is 0 Å². The lowest BCUT2D eigenvalue weighted by molar-refractivity contribution is -0.120. The van der Waals surface area contributed by atoms with Crippen LogP contribution in [0.4, 0.5) is 5.82 Å². The fraction of sp³-hybridized carbons (Fsp3) is 0.333. The van der Waals surface area contributed by atoms with Gasteiger partial charge in [0, 0.05) is 19.4 Å². The minimum absolute atomic E-state index is 0.104. The Morgan fingerprint density at radius 1 is 1.39 bits per heavy atom. The molecule has 148 valence electrons. The van der Waals surface area contributed by atoms with Crippen molar-refractivity contribution in [3.8, 4) is 11.5 Å². The summed E-state index contributed by atoms with van der Waals surface area (Å²) >= 11 is 1.32. The van der Waals surface area contributed by atoms with Gasteiger partial charge in [-0.05, 0) is 24.0 Å². The number of carbonyl (C=O) groups excluding carboxylic acids is 2. The van der Waals surface area contributed by atoms with Gasteiger partial charge < -0.3 is 25.1 Å². The lowest BCUT2D eigenvalue weighted by Crippen LogP contribution is -2.33. The highest BCUT2D eigenvalue weighted by atomic mass is 32.2.